The molecular formula is C17H18ClNO5S. The number of esters is 1. The lowest BCUT2D eigenvalue weighted by Crippen LogP contribution is -2.46. The molecule has 6 nitrogen and oxygen atoms in total. The van der Waals surface area contributed by atoms with Gasteiger partial charge in [0.05, 0.1) is 11.5 Å². The van der Waals surface area contributed by atoms with Crippen molar-refractivity contribution in [3.63, 3.8) is 0 Å². The van der Waals surface area contributed by atoms with Crippen LogP contribution in [0.2, 0.25) is 5.02 Å². The fourth-order valence-electron chi connectivity index (χ4n) is 3.60. The Hall–Kier alpha value is -1.44. The first kappa shape index (κ1) is 17.0. The number of benzene rings is 1. The molecule has 0 aromatic heterocycles. The van der Waals surface area contributed by atoms with Gasteiger partial charge in [0.15, 0.2) is 6.79 Å². The van der Waals surface area contributed by atoms with Crippen LogP contribution in [-0.4, -0.2) is 40.2 Å². The van der Waals surface area contributed by atoms with Crippen molar-refractivity contribution < 1.29 is 23.8 Å². The van der Waals surface area contributed by atoms with Gasteiger partial charge in [-0.1, -0.05) is 11.6 Å². The monoisotopic (exact) mass is 383 g/mol. The van der Waals surface area contributed by atoms with Crippen LogP contribution >= 0.6 is 23.4 Å². The zero-order valence-electron chi connectivity index (χ0n) is 13.7. The van der Waals surface area contributed by atoms with Crippen LogP contribution in [0.1, 0.15) is 30.9 Å². The Kier molecular flexibility index (Phi) is 4.33. The smallest absolute Gasteiger partial charge is 0.330 e. The number of amides is 1. The largest absolute Gasteiger partial charge is 0.467 e. The maximum Gasteiger partial charge on any atom is 0.330 e. The molecule has 3 aliphatic rings. The van der Waals surface area contributed by atoms with Crippen molar-refractivity contribution in [2.24, 2.45) is 0 Å². The van der Waals surface area contributed by atoms with E-state index in [2.05, 4.69) is 0 Å². The Morgan fingerprint density at radius 1 is 1.52 bits per heavy atom. The van der Waals surface area contributed by atoms with Gasteiger partial charge in [-0.05, 0) is 25.5 Å². The zero-order chi connectivity index (χ0) is 17.6. The molecule has 0 N–H and O–H groups in total. The Morgan fingerprint density at radius 2 is 2.36 bits per heavy atom. The minimum atomic E-state index is -0.524. The predicted molar refractivity (Wildman–Crippen MR) is 92.3 cm³/mol. The molecule has 25 heavy (non-hydrogen) atoms. The molecule has 0 aliphatic carbocycles. The number of hydrogen-bond donors (Lipinski definition) is 0. The fourth-order valence-corrected chi connectivity index (χ4v) is 5.28. The van der Waals surface area contributed by atoms with Crippen molar-refractivity contribution in [1.29, 1.82) is 0 Å². The second kappa shape index (κ2) is 6.37. The molecule has 1 amide bonds. The predicted octanol–water partition coefficient (Wildman–Crippen LogP) is 2.70. The second-order valence-electron chi connectivity index (χ2n) is 6.54. The third-order valence-electron chi connectivity index (χ3n) is 4.84. The molecule has 0 radical (unpaired) electrons. The van der Waals surface area contributed by atoms with Gasteiger partial charge in [-0.15, -0.1) is 11.8 Å². The summed E-state index contributed by atoms with van der Waals surface area (Å²) in [5.74, 6) is 0.868. The minimum Gasteiger partial charge on any atom is -0.467 e. The van der Waals surface area contributed by atoms with E-state index in [0.29, 0.717) is 35.1 Å². The van der Waals surface area contributed by atoms with Gasteiger partial charge in [0.1, 0.15) is 18.4 Å². The van der Waals surface area contributed by atoms with Crippen molar-refractivity contribution in [2.75, 3.05) is 12.5 Å². The molecule has 0 bridgehead atoms. The number of ether oxygens (including phenoxy) is 3. The molecule has 134 valence electrons. The maximum atomic E-state index is 12.6. The molecule has 3 aliphatic heterocycles. The molecule has 2 saturated heterocycles. The highest BCUT2D eigenvalue weighted by Gasteiger charge is 2.53. The number of carbonyl (C=O) groups excluding carboxylic acids is 2. The Balaban J connectivity index is 1.48. The number of fused-ring (bicyclic) bond motifs is 2. The fraction of sp³-hybridized carbons (Fsp3) is 0.529. The van der Waals surface area contributed by atoms with Crippen LogP contribution in [0.5, 0.6) is 5.75 Å². The van der Waals surface area contributed by atoms with Gasteiger partial charge >= 0.3 is 5.97 Å². The van der Waals surface area contributed by atoms with Crippen LogP contribution in [0.25, 0.3) is 0 Å². The summed E-state index contributed by atoms with van der Waals surface area (Å²) in [4.78, 5) is 26.1. The van der Waals surface area contributed by atoms with Crippen LogP contribution in [0.4, 0.5) is 0 Å². The molecule has 1 aromatic carbocycles. The highest BCUT2D eigenvalue weighted by atomic mass is 35.5. The maximum absolute atomic E-state index is 12.6. The van der Waals surface area contributed by atoms with E-state index in [1.165, 1.54) is 0 Å². The van der Waals surface area contributed by atoms with Crippen LogP contribution in [0.3, 0.4) is 0 Å². The van der Waals surface area contributed by atoms with Crippen molar-refractivity contribution in [3.05, 3.63) is 28.3 Å². The summed E-state index contributed by atoms with van der Waals surface area (Å²) in [6.45, 7) is 2.64. The van der Waals surface area contributed by atoms with Gasteiger partial charge in [0.25, 0.3) is 0 Å². The van der Waals surface area contributed by atoms with E-state index in [0.717, 1.165) is 12.0 Å². The highest BCUT2D eigenvalue weighted by Crippen LogP contribution is 2.47. The van der Waals surface area contributed by atoms with Crippen molar-refractivity contribution in [3.8, 4) is 5.75 Å². The average molecular weight is 384 g/mol. The molecule has 2 atom stereocenters. The molecule has 1 aromatic rings. The summed E-state index contributed by atoms with van der Waals surface area (Å²) in [6, 6.07) is 2.99. The minimum absolute atomic E-state index is 0.0232. The molecule has 8 heteroatoms. The Morgan fingerprint density at radius 3 is 3.20 bits per heavy atom. The lowest BCUT2D eigenvalue weighted by atomic mass is 10.1. The molecular weight excluding hydrogens is 366 g/mol. The molecule has 0 unspecified atom stereocenters. The van der Waals surface area contributed by atoms with Crippen LogP contribution in [-0.2, 0) is 32.3 Å². The van der Waals surface area contributed by atoms with E-state index in [-0.39, 0.29) is 30.1 Å². The van der Waals surface area contributed by atoms with Crippen molar-refractivity contribution >= 4 is 35.2 Å². The van der Waals surface area contributed by atoms with E-state index in [1.807, 2.05) is 6.92 Å². The summed E-state index contributed by atoms with van der Waals surface area (Å²) in [6.07, 6.45) is 1.26. The van der Waals surface area contributed by atoms with Crippen LogP contribution < -0.4 is 4.74 Å². The number of hydrogen-bond acceptors (Lipinski definition) is 6. The topological polar surface area (TPSA) is 65.1 Å². The molecule has 2 fully saturated rings. The third kappa shape index (κ3) is 2.98. The first-order valence-electron chi connectivity index (χ1n) is 8.12. The summed E-state index contributed by atoms with van der Waals surface area (Å²) in [5, 5.41) is 0.539. The number of halogens is 1. The molecule has 0 spiro atoms. The lowest BCUT2D eigenvalue weighted by molar-refractivity contribution is -0.154. The van der Waals surface area contributed by atoms with E-state index < -0.39 is 6.04 Å². The van der Waals surface area contributed by atoms with Crippen LogP contribution in [0, 0.1) is 0 Å². The molecule has 3 heterocycles. The van der Waals surface area contributed by atoms with Gasteiger partial charge in [0, 0.05) is 28.3 Å². The van der Waals surface area contributed by atoms with Crippen molar-refractivity contribution in [2.45, 2.75) is 43.9 Å². The van der Waals surface area contributed by atoms with Gasteiger partial charge in [-0.2, -0.15) is 0 Å². The number of carbonyl (C=O) groups is 2. The number of rotatable bonds is 3. The third-order valence-corrected chi connectivity index (χ3v) is 6.56. The summed E-state index contributed by atoms with van der Waals surface area (Å²) in [5.41, 5.74) is 1.55. The van der Waals surface area contributed by atoms with Gasteiger partial charge in [-0.3, -0.25) is 4.79 Å². The summed E-state index contributed by atoms with van der Waals surface area (Å²) < 4.78 is 16.3. The summed E-state index contributed by atoms with van der Waals surface area (Å²) >= 11 is 7.77. The number of thioether (sulfide) groups is 1. The van der Waals surface area contributed by atoms with E-state index in [4.69, 9.17) is 25.8 Å². The first-order chi connectivity index (χ1) is 12.0. The molecule has 4 rings (SSSR count). The van der Waals surface area contributed by atoms with Crippen LogP contribution in [0.15, 0.2) is 12.1 Å². The quantitative estimate of drug-likeness (QED) is 0.748. The van der Waals surface area contributed by atoms with Gasteiger partial charge in [0.2, 0.25) is 5.91 Å². The van der Waals surface area contributed by atoms with E-state index in [9.17, 15) is 9.59 Å². The van der Waals surface area contributed by atoms with E-state index in [1.54, 1.807) is 28.8 Å². The van der Waals surface area contributed by atoms with Gasteiger partial charge < -0.3 is 19.1 Å². The van der Waals surface area contributed by atoms with E-state index >= 15 is 0 Å². The number of nitrogens with zero attached hydrogens (tertiary/aromatic N) is 1. The van der Waals surface area contributed by atoms with Gasteiger partial charge in [-0.25, -0.2) is 4.79 Å². The lowest BCUT2D eigenvalue weighted by Gasteiger charge is -2.29. The Labute approximate surface area is 154 Å². The van der Waals surface area contributed by atoms with Crippen molar-refractivity contribution in [1.82, 2.24) is 4.90 Å². The molecule has 0 saturated carbocycles. The normalized spacial score (nSPS) is 27.7. The average Bonchev–Trinajstić information content (AvgIpc) is 3.08. The Bertz CT molecular complexity index is 742. The SMILES string of the molecule is C[C@]12CCC(=O)N1[C@H](C(=O)OCc1cc(Cl)cc3c1OCOC3)CS2. The second-order valence-corrected chi connectivity index (χ2v) is 8.48. The standard InChI is InChI=1S/C17H18ClNO5S/c1-17-3-2-14(20)19(17)13(8-25-17)16(21)23-7-11-5-12(18)4-10-6-22-9-24-15(10)11/h4-5,13H,2-3,6-9H2,1H3/t13-,17-/m0/s1. The first-order valence-corrected chi connectivity index (χ1v) is 9.49. The highest BCUT2D eigenvalue weighted by molar-refractivity contribution is 8.01. The summed E-state index contributed by atoms with van der Waals surface area (Å²) in [7, 11) is 0. The zero-order valence-corrected chi connectivity index (χ0v) is 15.3.